The average molecular weight is 254 g/mol. The minimum Gasteiger partial charge on any atom is -0.353 e. The summed E-state index contributed by atoms with van der Waals surface area (Å²) < 4.78 is 13.9. The molecule has 0 radical (unpaired) electrons. The van der Waals surface area contributed by atoms with Gasteiger partial charge in [0.05, 0.1) is 22.1 Å². The number of anilines is 1. The van der Waals surface area contributed by atoms with Gasteiger partial charge in [-0.3, -0.25) is 10.1 Å². The zero-order valence-electron chi connectivity index (χ0n) is 9.01. The molecule has 2 bridgehead atoms. The van der Waals surface area contributed by atoms with Gasteiger partial charge < -0.3 is 4.90 Å². The van der Waals surface area contributed by atoms with Crippen LogP contribution < -0.4 is 4.90 Å². The van der Waals surface area contributed by atoms with Crippen LogP contribution in [-0.2, 0) is 0 Å². The first-order valence-corrected chi connectivity index (χ1v) is 6.55. The number of nitro benzene ring substituents is 1. The predicted octanol–water partition coefficient (Wildman–Crippen LogP) is 2.78. The highest BCUT2D eigenvalue weighted by atomic mass is 32.2. The van der Waals surface area contributed by atoms with Crippen molar-refractivity contribution < 1.29 is 9.31 Å². The van der Waals surface area contributed by atoms with E-state index in [0.29, 0.717) is 17.1 Å². The minimum atomic E-state index is -0.569. The molecule has 2 unspecified atom stereocenters. The van der Waals surface area contributed by atoms with Crippen LogP contribution in [0.25, 0.3) is 0 Å². The fourth-order valence-electron chi connectivity index (χ4n) is 2.57. The molecular weight excluding hydrogens is 243 g/mol. The molecule has 0 amide bonds. The number of rotatable bonds is 2. The first-order valence-electron chi connectivity index (χ1n) is 5.50. The largest absolute Gasteiger partial charge is 0.353 e. The first kappa shape index (κ1) is 10.8. The molecule has 0 N–H and O–H groups in total. The Morgan fingerprint density at radius 2 is 2.29 bits per heavy atom. The lowest BCUT2D eigenvalue weighted by Gasteiger charge is -2.23. The third-order valence-electron chi connectivity index (χ3n) is 3.35. The highest BCUT2D eigenvalue weighted by Crippen LogP contribution is 2.44. The molecule has 2 saturated heterocycles. The van der Waals surface area contributed by atoms with Crippen LogP contribution in [-0.4, -0.2) is 22.1 Å². The minimum absolute atomic E-state index is 0.189. The van der Waals surface area contributed by atoms with Gasteiger partial charge in [-0.15, -0.1) is 11.8 Å². The van der Waals surface area contributed by atoms with Gasteiger partial charge in [0.1, 0.15) is 0 Å². The van der Waals surface area contributed by atoms with Gasteiger partial charge in [-0.05, 0) is 18.9 Å². The molecule has 17 heavy (non-hydrogen) atoms. The highest BCUT2D eigenvalue weighted by Gasteiger charge is 2.41. The summed E-state index contributed by atoms with van der Waals surface area (Å²) in [4.78, 5) is 12.1. The van der Waals surface area contributed by atoms with Crippen molar-refractivity contribution in [2.24, 2.45) is 0 Å². The third-order valence-corrected chi connectivity index (χ3v) is 4.78. The number of non-ortho nitro benzene ring substituents is 1. The summed E-state index contributed by atoms with van der Waals surface area (Å²) >= 11 is 1.84. The number of hydrogen-bond donors (Lipinski definition) is 0. The average Bonchev–Trinajstić information content (AvgIpc) is 2.88. The second-order valence-electron chi connectivity index (χ2n) is 4.32. The highest BCUT2D eigenvalue weighted by molar-refractivity contribution is 8.00. The predicted molar refractivity (Wildman–Crippen MR) is 64.8 cm³/mol. The van der Waals surface area contributed by atoms with E-state index >= 15 is 0 Å². The summed E-state index contributed by atoms with van der Waals surface area (Å²) in [6, 6.07) is 4.31. The third kappa shape index (κ3) is 1.67. The SMILES string of the molecule is O=[N+]([O-])c1ccc(N2C3CCC2SC3)c(F)c1. The van der Waals surface area contributed by atoms with E-state index in [4.69, 9.17) is 0 Å². The molecule has 2 aliphatic rings. The summed E-state index contributed by atoms with van der Waals surface area (Å²) in [5, 5.41) is 10.9. The van der Waals surface area contributed by atoms with Gasteiger partial charge in [0.15, 0.2) is 5.82 Å². The van der Waals surface area contributed by atoms with Crippen molar-refractivity contribution in [2.75, 3.05) is 10.7 Å². The van der Waals surface area contributed by atoms with Crippen molar-refractivity contribution in [1.29, 1.82) is 0 Å². The van der Waals surface area contributed by atoms with Gasteiger partial charge in [0.2, 0.25) is 0 Å². The van der Waals surface area contributed by atoms with Crippen LogP contribution in [0.2, 0.25) is 0 Å². The Kier molecular flexibility index (Phi) is 2.47. The van der Waals surface area contributed by atoms with Crippen LogP contribution in [0.3, 0.4) is 0 Å². The van der Waals surface area contributed by atoms with E-state index in [1.54, 1.807) is 0 Å². The summed E-state index contributed by atoms with van der Waals surface area (Å²) in [5.41, 5.74) is 0.318. The fourth-order valence-corrected chi connectivity index (χ4v) is 4.09. The van der Waals surface area contributed by atoms with Crippen LogP contribution in [0.1, 0.15) is 12.8 Å². The van der Waals surface area contributed by atoms with Crippen LogP contribution in [0.15, 0.2) is 18.2 Å². The quantitative estimate of drug-likeness (QED) is 0.601. The van der Waals surface area contributed by atoms with Crippen LogP contribution in [0.5, 0.6) is 0 Å². The molecule has 2 atom stereocenters. The fraction of sp³-hybridized carbons (Fsp3) is 0.455. The van der Waals surface area contributed by atoms with Crippen LogP contribution in [0, 0.1) is 15.9 Å². The molecule has 3 rings (SSSR count). The van der Waals surface area contributed by atoms with Crippen molar-refractivity contribution in [2.45, 2.75) is 24.3 Å². The standard InChI is InChI=1S/C11H11FN2O2S/c12-9-5-7(14(15)16)1-3-10(9)13-8-2-4-11(13)17-6-8/h1,3,5,8,11H,2,4,6H2. The summed E-state index contributed by atoms with van der Waals surface area (Å²) in [5.74, 6) is 0.541. The van der Waals surface area contributed by atoms with Crippen molar-refractivity contribution >= 4 is 23.1 Å². The lowest BCUT2D eigenvalue weighted by atomic mass is 10.2. The number of thioether (sulfide) groups is 1. The Morgan fingerprint density at radius 1 is 1.47 bits per heavy atom. The van der Waals surface area contributed by atoms with Gasteiger partial charge in [0.25, 0.3) is 5.69 Å². The van der Waals surface area contributed by atoms with Gasteiger partial charge in [-0.2, -0.15) is 0 Å². The Labute approximate surface area is 102 Å². The van der Waals surface area contributed by atoms with E-state index in [2.05, 4.69) is 4.90 Å². The lowest BCUT2D eigenvalue weighted by molar-refractivity contribution is -0.385. The van der Waals surface area contributed by atoms with E-state index in [1.165, 1.54) is 12.1 Å². The maximum Gasteiger partial charge on any atom is 0.272 e. The maximum absolute atomic E-state index is 13.9. The molecule has 2 heterocycles. The van der Waals surface area contributed by atoms with E-state index < -0.39 is 10.7 Å². The molecule has 0 saturated carbocycles. The Hall–Kier alpha value is -1.30. The number of benzene rings is 1. The smallest absolute Gasteiger partial charge is 0.272 e. The Balaban J connectivity index is 1.96. The van der Waals surface area contributed by atoms with E-state index in [9.17, 15) is 14.5 Å². The Bertz CT molecular complexity index is 463. The van der Waals surface area contributed by atoms with Gasteiger partial charge >= 0.3 is 0 Å². The molecule has 0 spiro atoms. The second-order valence-corrected chi connectivity index (χ2v) is 5.53. The molecule has 2 fully saturated rings. The van der Waals surface area contributed by atoms with Crippen LogP contribution >= 0.6 is 11.8 Å². The maximum atomic E-state index is 13.9. The number of nitro groups is 1. The molecule has 6 heteroatoms. The number of nitrogens with zero attached hydrogens (tertiary/aromatic N) is 2. The normalized spacial score (nSPS) is 26.5. The summed E-state index contributed by atoms with van der Waals surface area (Å²) in [6.45, 7) is 0. The van der Waals surface area contributed by atoms with E-state index in [-0.39, 0.29) is 5.69 Å². The number of hydrogen-bond acceptors (Lipinski definition) is 4. The van der Waals surface area contributed by atoms with Crippen molar-refractivity contribution in [3.05, 3.63) is 34.1 Å². The molecule has 1 aromatic carbocycles. The van der Waals surface area contributed by atoms with Gasteiger partial charge in [-0.1, -0.05) is 0 Å². The molecule has 4 nitrogen and oxygen atoms in total. The second kappa shape index (κ2) is 3.87. The lowest BCUT2D eigenvalue weighted by Crippen LogP contribution is -2.29. The Morgan fingerprint density at radius 3 is 2.76 bits per heavy atom. The monoisotopic (exact) mass is 254 g/mol. The zero-order valence-corrected chi connectivity index (χ0v) is 9.82. The zero-order chi connectivity index (χ0) is 12.0. The van der Waals surface area contributed by atoms with E-state index in [1.807, 2.05) is 11.8 Å². The molecule has 90 valence electrons. The van der Waals surface area contributed by atoms with Crippen LogP contribution in [0.4, 0.5) is 15.8 Å². The number of halogens is 1. The molecular formula is C11H11FN2O2S. The van der Waals surface area contributed by atoms with Gasteiger partial charge in [0, 0.05) is 17.9 Å². The first-order chi connectivity index (χ1) is 8.16. The molecule has 2 aliphatic heterocycles. The van der Waals surface area contributed by atoms with E-state index in [0.717, 1.165) is 24.7 Å². The molecule has 0 aromatic heterocycles. The summed E-state index contributed by atoms with van der Waals surface area (Å²) in [6.07, 6.45) is 2.17. The van der Waals surface area contributed by atoms with Crippen molar-refractivity contribution in [3.8, 4) is 0 Å². The summed E-state index contributed by atoms with van der Waals surface area (Å²) in [7, 11) is 0. The van der Waals surface area contributed by atoms with Crippen molar-refractivity contribution in [3.63, 3.8) is 0 Å². The topological polar surface area (TPSA) is 46.4 Å². The van der Waals surface area contributed by atoms with Crippen molar-refractivity contribution in [1.82, 2.24) is 0 Å². The molecule has 0 aliphatic carbocycles. The number of fused-ring (bicyclic) bond motifs is 2. The molecule has 1 aromatic rings. The van der Waals surface area contributed by atoms with Gasteiger partial charge in [-0.25, -0.2) is 4.39 Å².